The molecule has 0 unspecified atom stereocenters. The summed E-state index contributed by atoms with van der Waals surface area (Å²) in [6.45, 7) is -1.52. The van der Waals surface area contributed by atoms with Gasteiger partial charge in [-0.2, -0.15) is 22.7 Å². The molecule has 3 rings (SSSR count). The molecule has 1 heterocycles. The quantitative estimate of drug-likeness (QED) is 0.617. The van der Waals surface area contributed by atoms with E-state index in [4.69, 9.17) is 14.7 Å². The molecule has 0 aliphatic carbocycles. The van der Waals surface area contributed by atoms with Crippen molar-refractivity contribution in [2.45, 2.75) is 23.9 Å². The fraction of sp³-hybridized carbons (Fsp3) is 0.333. The summed E-state index contributed by atoms with van der Waals surface area (Å²) < 4.78 is 74.9. The second-order valence-corrected chi connectivity index (χ2v) is 9.06. The maximum Gasteiger partial charge on any atom is 0.422 e. The Balaban J connectivity index is 1.81. The van der Waals surface area contributed by atoms with Crippen molar-refractivity contribution in [2.75, 3.05) is 31.6 Å². The van der Waals surface area contributed by atoms with Crippen LogP contribution in [0, 0.1) is 11.3 Å². The lowest BCUT2D eigenvalue weighted by atomic mass is 10.2. The fourth-order valence-electron chi connectivity index (χ4n) is 3.14. The van der Waals surface area contributed by atoms with Gasteiger partial charge in [0.05, 0.1) is 16.1 Å². The molecule has 0 aromatic heterocycles. The molecular formula is C21H20F3N3O5S. The number of hydrogen-bond acceptors (Lipinski definition) is 6. The summed E-state index contributed by atoms with van der Waals surface area (Å²) in [5.74, 6) is -0.983. The number of alkyl halides is 3. The molecule has 1 N–H and O–H groups in total. The molecule has 0 radical (unpaired) electrons. The first kappa shape index (κ1) is 24.3. The molecule has 8 nitrogen and oxygen atoms in total. The molecule has 1 aliphatic heterocycles. The third-order valence-electron chi connectivity index (χ3n) is 4.69. The van der Waals surface area contributed by atoms with Crippen LogP contribution in [0.5, 0.6) is 11.5 Å². The number of para-hydroxylation sites is 1. The number of benzene rings is 2. The lowest BCUT2D eigenvalue weighted by Gasteiger charge is -2.18. The number of rotatable bonds is 8. The molecule has 0 saturated carbocycles. The van der Waals surface area contributed by atoms with Crippen LogP contribution in [0.3, 0.4) is 0 Å². The van der Waals surface area contributed by atoms with Crippen LogP contribution < -0.4 is 14.8 Å². The summed E-state index contributed by atoms with van der Waals surface area (Å²) in [4.78, 5) is 12.2. The third kappa shape index (κ3) is 6.36. The van der Waals surface area contributed by atoms with E-state index in [0.717, 1.165) is 18.2 Å². The van der Waals surface area contributed by atoms with Gasteiger partial charge >= 0.3 is 6.18 Å². The van der Waals surface area contributed by atoms with Crippen molar-refractivity contribution in [3.05, 3.63) is 48.0 Å². The van der Waals surface area contributed by atoms with Gasteiger partial charge in [-0.05, 0) is 43.2 Å². The maximum absolute atomic E-state index is 12.8. The Bertz CT molecular complexity index is 1160. The number of carbonyl (C=O) groups is 1. The van der Waals surface area contributed by atoms with Crippen molar-refractivity contribution < 1.29 is 35.9 Å². The second kappa shape index (κ2) is 10.1. The summed E-state index contributed by atoms with van der Waals surface area (Å²) in [6, 6.07) is 11.3. The standard InChI is InChI=1S/C21H20F3N3O5S/c22-21(23,24)14-32-19-8-7-16(33(29,30)27-9-3-4-10-27)11-17(19)26-20(28)13-31-18-6-2-1-5-15(18)12-25/h1-2,5-8,11H,3-4,9-10,13-14H2,(H,26,28). The maximum atomic E-state index is 12.8. The Morgan fingerprint density at radius 1 is 1.09 bits per heavy atom. The summed E-state index contributed by atoms with van der Waals surface area (Å²) in [5, 5.41) is 11.4. The van der Waals surface area contributed by atoms with Crippen molar-refractivity contribution in [1.82, 2.24) is 4.31 Å². The molecule has 0 bridgehead atoms. The smallest absolute Gasteiger partial charge is 0.422 e. The van der Waals surface area contributed by atoms with Crippen LogP contribution in [-0.2, 0) is 14.8 Å². The van der Waals surface area contributed by atoms with Crippen molar-refractivity contribution in [3.63, 3.8) is 0 Å². The summed E-state index contributed by atoms with van der Waals surface area (Å²) in [6.07, 6.45) is -3.22. The topological polar surface area (TPSA) is 109 Å². The van der Waals surface area contributed by atoms with E-state index in [0.29, 0.717) is 25.9 Å². The number of nitriles is 1. The van der Waals surface area contributed by atoms with Gasteiger partial charge in [0.1, 0.15) is 17.6 Å². The molecule has 2 aromatic rings. The van der Waals surface area contributed by atoms with E-state index >= 15 is 0 Å². The monoisotopic (exact) mass is 483 g/mol. The number of sulfonamides is 1. The number of hydrogen-bond donors (Lipinski definition) is 1. The summed E-state index contributed by atoms with van der Waals surface area (Å²) in [5.41, 5.74) is -0.0557. The largest absolute Gasteiger partial charge is 0.482 e. The number of anilines is 1. The Kier molecular flexibility index (Phi) is 7.45. The first-order chi connectivity index (χ1) is 15.6. The van der Waals surface area contributed by atoms with Gasteiger partial charge in [-0.15, -0.1) is 0 Å². The van der Waals surface area contributed by atoms with Gasteiger partial charge in [0.25, 0.3) is 5.91 Å². The highest BCUT2D eigenvalue weighted by molar-refractivity contribution is 7.89. The Labute approximate surface area is 188 Å². The normalized spacial score (nSPS) is 14.5. The van der Waals surface area contributed by atoms with Gasteiger partial charge in [-0.3, -0.25) is 4.79 Å². The molecule has 1 aliphatic rings. The number of amides is 1. The highest BCUT2D eigenvalue weighted by Crippen LogP contribution is 2.31. The predicted octanol–water partition coefficient (Wildman–Crippen LogP) is 3.30. The van der Waals surface area contributed by atoms with Gasteiger partial charge in [0, 0.05) is 13.1 Å². The van der Waals surface area contributed by atoms with Crippen LogP contribution in [0.1, 0.15) is 18.4 Å². The summed E-state index contributed by atoms with van der Waals surface area (Å²) in [7, 11) is -3.88. The SMILES string of the molecule is N#Cc1ccccc1OCC(=O)Nc1cc(S(=O)(=O)N2CCCC2)ccc1OCC(F)(F)F. The molecule has 176 valence electrons. The highest BCUT2D eigenvalue weighted by atomic mass is 32.2. The van der Waals surface area contributed by atoms with Crippen LogP contribution in [0.2, 0.25) is 0 Å². The van der Waals surface area contributed by atoms with Gasteiger partial charge in [-0.1, -0.05) is 12.1 Å². The second-order valence-electron chi connectivity index (χ2n) is 7.12. The molecule has 2 aromatic carbocycles. The molecule has 0 spiro atoms. The molecule has 1 fully saturated rings. The average Bonchev–Trinajstić information content (AvgIpc) is 3.32. The van der Waals surface area contributed by atoms with Gasteiger partial charge in [0.15, 0.2) is 13.2 Å². The molecular weight excluding hydrogens is 463 g/mol. The number of carbonyl (C=O) groups excluding carboxylic acids is 1. The molecule has 1 saturated heterocycles. The Hall–Kier alpha value is -3.30. The minimum absolute atomic E-state index is 0.147. The molecule has 1 amide bonds. The fourth-order valence-corrected chi connectivity index (χ4v) is 4.69. The van der Waals surface area contributed by atoms with E-state index in [1.165, 1.54) is 16.4 Å². The molecule has 33 heavy (non-hydrogen) atoms. The van der Waals surface area contributed by atoms with Crippen molar-refractivity contribution >= 4 is 21.6 Å². The van der Waals surface area contributed by atoms with Crippen LogP contribution in [0.4, 0.5) is 18.9 Å². The Morgan fingerprint density at radius 3 is 2.45 bits per heavy atom. The Morgan fingerprint density at radius 2 is 1.79 bits per heavy atom. The minimum atomic E-state index is -4.63. The zero-order valence-corrected chi connectivity index (χ0v) is 18.1. The van der Waals surface area contributed by atoms with Crippen molar-refractivity contribution in [2.24, 2.45) is 0 Å². The van der Waals surface area contributed by atoms with E-state index in [2.05, 4.69) is 5.32 Å². The number of halogens is 3. The van der Waals surface area contributed by atoms with Crippen LogP contribution in [0.25, 0.3) is 0 Å². The van der Waals surface area contributed by atoms with E-state index in [1.54, 1.807) is 12.1 Å². The first-order valence-corrected chi connectivity index (χ1v) is 11.3. The zero-order valence-electron chi connectivity index (χ0n) is 17.3. The average molecular weight is 483 g/mol. The van der Waals surface area contributed by atoms with Crippen LogP contribution in [0.15, 0.2) is 47.4 Å². The van der Waals surface area contributed by atoms with Gasteiger partial charge in [0.2, 0.25) is 10.0 Å². The molecule has 12 heteroatoms. The highest BCUT2D eigenvalue weighted by Gasteiger charge is 2.31. The van der Waals surface area contributed by atoms with Gasteiger partial charge < -0.3 is 14.8 Å². The predicted molar refractivity (Wildman–Crippen MR) is 111 cm³/mol. The van der Waals surface area contributed by atoms with Crippen molar-refractivity contribution in [3.8, 4) is 17.6 Å². The van der Waals surface area contributed by atoms with Crippen LogP contribution in [-0.4, -0.2) is 51.1 Å². The zero-order chi connectivity index (χ0) is 24.1. The minimum Gasteiger partial charge on any atom is -0.482 e. The van der Waals surface area contributed by atoms with Crippen molar-refractivity contribution in [1.29, 1.82) is 5.26 Å². The molecule has 0 atom stereocenters. The first-order valence-electron chi connectivity index (χ1n) is 9.86. The number of nitrogens with one attached hydrogen (secondary N) is 1. The summed E-state index contributed by atoms with van der Waals surface area (Å²) >= 11 is 0. The number of ether oxygens (including phenoxy) is 2. The van der Waals surface area contributed by atoms with Crippen LogP contribution >= 0.6 is 0 Å². The lowest BCUT2D eigenvalue weighted by molar-refractivity contribution is -0.153. The van der Waals surface area contributed by atoms with E-state index in [9.17, 15) is 26.4 Å². The third-order valence-corrected chi connectivity index (χ3v) is 6.58. The van der Waals surface area contributed by atoms with E-state index in [-0.39, 0.29) is 27.6 Å². The van der Waals surface area contributed by atoms with Gasteiger partial charge in [-0.25, -0.2) is 8.42 Å². The van der Waals surface area contributed by atoms with E-state index < -0.39 is 35.3 Å². The van der Waals surface area contributed by atoms with E-state index in [1.807, 2.05) is 6.07 Å². The lowest BCUT2D eigenvalue weighted by Crippen LogP contribution is -2.28. The number of nitrogens with zero attached hydrogens (tertiary/aromatic N) is 2.